The summed E-state index contributed by atoms with van der Waals surface area (Å²) in [5.74, 6) is 1.62. The fourth-order valence-corrected chi connectivity index (χ4v) is 2.30. The van der Waals surface area contributed by atoms with E-state index in [1.54, 1.807) is 19.4 Å². The van der Waals surface area contributed by atoms with E-state index in [1.807, 2.05) is 26.0 Å². The van der Waals surface area contributed by atoms with Gasteiger partial charge in [-0.1, -0.05) is 29.8 Å². The van der Waals surface area contributed by atoms with Crippen molar-refractivity contribution in [1.82, 2.24) is 15.6 Å². The molecule has 6 heteroatoms. The Morgan fingerprint density at radius 2 is 2.08 bits per heavy atom. The first-order valence-corrected chi connectivity index (χ1v) is 8.26. The van der Waals surface area contributed by atoms with Crippen LogP contribution in [0.2, 0.25) is 5.15 Å². The van der Waals surface area contributed by atoms with Crippen molar-refractivity contribution in [3.8, 4) is 5.75 Å². The second-order valence-electron chi connectivity index (χ2n) is 5.35. The van der Waals surface area contributed by atoms with Gasteiger partial charge in [0.05, 0.1) is 13.7 Å². The number of nitrogens with zero attached hydrogens (tertiary/aromatic N) is 2. The number of pyridine rings is 1. The summed E-state index contributed by atoms with van der Waals surface area (Å²) in [6.45, 7) is 6.04. The maximum atomic E-state index is 5.80. The summed E-state index contributed by atoms with van der Waals surface area (Å²) in [5.41, 5.74) is 3.26. The predicted octanol–water partition coefficient (Wildman–Crippen LogP) is 3.31. The zero-order chi connectivity index (χ0) is 17.4. The number of rotatable bonds is 6. The van der Waals surface area contributed by atoms with Crippen molar-refractivity contribution >= 4 is 17.6 Å². The Balaban J connectivity index is 2.02. The zero-order valence-corrected chi connectivity index (χ0v) is 15.0. The molecule has 0 aliphatic carbocycles. The first-order chi connectivity index (χ1) is 11.6. The van der Waals surface area contributed by atoms with Gasteiger partial charge in [-0.25, -0.2) is 9.98 Å². The monoisotopic (exact) mass is 346 g/mol. The highest BCUT2D eigenvalue weighted by Gasteiger charge is 2.05. The fourth-order valence-electron chi connectivity index (χ4n) is 2.19. The van der Waals surface area contributed by atoms with E-state index in [0.29, 0.717) is 18.2 Å². The average molecular weight is 347 g/mol. The van der Waals surface area contributed by atoms with Gasteiger partial charge in [0.15, 0.2) is 5.96 Å². The van der Waals surface area contributed by atoms with Crippen molar-refractivity contribution in [3.05, 3.63) is 58.4 Å². The number of benzene rings is 1. The van der Waals surface area contributed by atoms with Crippen LogP contribution in [-0.2, 0) is 13.1 Å². The second-order valence-corrected chi connectivity index (χ2v) is 5.74. The van der Waals surface area contributed by atoms with Gasteiger partial charge in [0.25, 0.3) is 0 Å². The number of nitrogens with one attached hydrogen (secondary N) is 2. The molecule has 1 heterocycles. The molecule has 5 nitrogen and oxygen atoms in total. The number of aryl methyl sites for hydroxylation is 1. The largest absolute Gasteiger partial charge is 0.496 e. The molecule has 128 valence electrons. The molecular formula is C18H23ClN4O. The van der Waals surface area contributed by atoms with Crippen molar-refractivity contribution in [1.29, 1.82) is 0 Å². The van der Waals surface area contributed by atoms with E-state index in [-0.39, 0.29) is 0 Å². The third-order valence-electron chi connectivity index (χ3n) is 3.44. The molecule has 2 aromatic rings. The molecule has 24 heavy (non-hydrogen) atoms. The summed E-state index contributed by atoms with van der Waals surface area (Å²) in [6, 6.07) is 9.85. The molecule has 1 aromatic carbocycles. The number of aliphatic imine (C=N–C) groups is 1. The molecule has 2 rings (SSSR count). The van der Waals surface area contributed by atoms with Gasteiger partial charge in [0.2, 0.25) is 0 Å². The minimum Gasteiger partial charge on any atom is -0.496 e. The lowest BCUT2D eigenvalue weighted by atomic mass is 10.1. The predicted molar refractivity (Wildman–Crippen MR) is 98.6 cm³/mol. The van der Waals surface area contributed by atoms with Crippen LogP contribution < -0.4 is 15.4 Å². The molecule has 2 N–H and O–H groups in total. The van der Waals surface area contributed by atoms with Crippen molar-refractivity contribution in [2.24, 2.45) is 4.99 Å². The lowest BCUT2D eigenvalue weighted by Crippen LogP contribution is -2.36. The number of methoxy groups -OCH3 is 1. The topological polar surface area (TPSA) is 58.5 Å². The van der Waals surface area contributed by atoms with E-state index in [9.17, 15) is 0 Å². The third-order valence-corrected chi connectivity index (χ3v) is 3.67. The Bertz CT molecular complexity index is 686. The molecule has 0 atom stereocenters. The summed E-state index contributed by atoms with van der Waals surface area (Å²) < 4.78 is 5.44. The molecule has 0 saturated heterocycles. The summed E-state index contributed by atoms with van der Waals surface area (Å²) in [7, 11) is 1.69. The highest BCUT2D eigenvalue weighted by atomic mass is 35.5. The van der Waals surface area contributed by atoms with Crippen molar-refractivity contribution in [2.45, 2.75) is 26.9 Å². The average Bonchev–Trinajstić information content (AvgIpc) is 2.59. The van der Waals surface area contributed by atoms with Crippen LogP contribution >= 0.6 is 11.6 Å². The molecule has 0 saturated carbocycles. The van der Waals surface area contributed by atoms with Gasteiger partial charge in [0.1, 0.15) is 10.9 Å². The van der Waals surface area contributed by atoms with Gasteiger partial charge in [-0.15, -0.1) is 0 Å². The molecule has 0 fully saturated rings. The quantitative estimate of drug-likeness (QED) is 0.478. The van der Waals surface area contributed by atoms with Crippen LogP contribution in [-0.4, -0.2) is 24.6 Å². The lowest BCUT2D eigenvalue weighted by molar-refractivity contribution is 0.408. The Labute approximate surface area is 148 Å². The van der Waals surface area contributed by atoms with Crippen LogP contribution in [0.4, 0.5) is 0 Å². The molecule has 1 aromatic heterocycles. The first-order valence-electron chi connectivity index (χ1n) is 7.88. The van der Waals surface area contributed by atoms with Crippen molar-refractivity contribution in [2.75, 3.05) is 13.7 Å². The van der Waals surface area contributed by atoms with Gasteiger partial charge < -0.3 is 15.4 Å². The van der Waals surface area contributed by atoms with Gasteiger partial charge in [0, 0.05) is 24.8 Å². The zero-order valence-electron chi connectivity index (χ0n) is 14.3. The number of hydrogen-bond acceptors (Lipinski definition) is 3. The molecule has 0 aliphatic heterocycles. The number of guanidine groups is 1. The maximum Gasteiger partial charge on any atom is 0.191 e. The summed E-state index contributed by atoms with van der Waals surface area (Å²) in [6.07, 6.45) is 1.73. The Kier molecular flexibility index (Phi) is 6.88. The molecular weight excluding hydrogens is 324 g/mol. The van der Waals surface area contributed by atoms with Crippen LogP contribution in [0, 0.1) is 6.92 Å². The first kappa shape index (κ1) is 18.1. The minimum absolute atomic E-state index is 0.485. The van der Waals surface area contributed by atoms with E-state index in [0.717, 1.165) is 29.4 Å². The Morgan fingerprint density at radius 3 is 2.75 bits per heavy atom. The van der Waals surface area contributed by atoms with Gasteiger partial charge in [-0.05, 0) is 37.1 Å². The molecule has 0 radical (unpaired) electrons. The SMILES string of the molecule is CCNC(=NCc1ccc(Cl)nc1)NCc1ccc(C)cc1OC. The van der Waals surface area contributed by atoms with E-state index in [4.69, 9.17) is 16.3 Å². The standard InChI is InChI=1S/C18H23ClN4O/c1-4-20-18(22-11-14-6-8-17(19)21-10-14)23-12-15-7-5-13(2)9-16(15)24-3/h5-10H,4,11-12H2,1-3H3,(H2,20,22,23). The number of aromatic nitrogens is 1. The normalized spacial score (nSPS) is 11.2. The highest BCUT2D eigenvalue weighted by Crippen LogP contribution is 2.19. The van der Waals surface area contributed by atoms with Crippen LogP contribution in [0.1, 0.15) is 23.6 Å². The summed E-state index contributed by atoms with van der Waals surface area (Å²) in [4.78, 5) is 8.64. The van der Waals surface area contributed by atoms with Crippen LogP contribution in [0.15, 0.2) is 41.5 Å². The van der Waals surface area contributed by atoms with Crippen LogP contribution in [0.25, 0.3) is 0 Å². The van der Waals surface area contributed by atoms with Gasteiger partial charge >= 0.3 is 0 Å². The van der Waals surface area contributed by atoms with E-state index < -0.39 is 0 Å². The van der Waals surface area contributed by atoms with Gasteiger partial charge in [-0.2, -0.15) is 0 Å². The summed E-state index contributed by atoms with van der Waals surface area (Å²) in [5, 5.41) is 7.05. The van der Waals surface area contributed by atoms with E-state index in [1.165, 1.54) is 5.56 Å². The van der Waals surface area contributed by atoms with E-state index >= 15 is 0 Å². The van der Waals surface area contributed by atoms with Crippen LogP contribution in [0.5, 0.6) is 5.75 Å². The van der Waals surface area contributed by atoms with Crippen LogP contribution in [0.3, 0.4) is 0 Å². The van der Waals surface area contributed by atoms with Crippen molar-refractivity contribution < 1.29 is 4.74 Å². The highest BCUT2D eigenvalue weighted by molar-refractivity contribution is 6.29. The minimum atomic E-state index is 0.485. The molecule has 0 spiro atoms. The number of hydrogen-bond donors (Lipinski definition) is 2. The maximum absolute atomic E-state index is 5.80. The number of halogens is 1. The second kappa shape index (κ2) is 9.13. The Morgan fingerprint density at radius 1 is 1.25 bits per heavy atom. The Hall–Kier alpha value is -2.27. The van der Waals surface area contributed by atoms with Gasteiger partial charge in [-0.3, -0.25) is 0 Å². The summed E-state index contributed by atoms with van der Waals surface area (Å²) >= 11 is 5.80. The fraction of sp³-hybridized carbons (Fsp3) is 0.333. The molecule has 0 unspecified atom stereocenters. The smallest absolute Gasteiger partial charge is 0.191 e. The third kappa shape index (κ3) is 5.42. The number of ether oxygens (including phenoxy) is 1. The van der Waals surface area contributed by atoms with Crippen molar-refractivity contribution in [3.63, 3.8) is 0 Å². The molecule has 0 bridgehead atoms. The molecule has 0 amide bonds. The van der Waals surface area contributed by atoms with E-state index in [2.05, 4.69) is 32.7 Å². The molecule has 0 aliphatic rings. The lowest BCUT2D eigenvalue weighted by Gasteiger charge is -2.14.